The van der Waals surface area contributed by atoms with Crippen molar-refractivity contribution in [3.05, 3.63) is 18.7 Å². The molecule has 0 aliphatic carbocycles. The van der Waals surface area contributed by atoms with Gasteiger partial charge in [0.15, 0.2) is 5.65 Å². The molecule has 150 valence electrons. The number of nitrogens with zero attached hydrogens (tertiary/aromatic N) is 7. The fourth-order valence-electron chi connectivity index (χ4n) is 4.47. The molecule has 0 radical (unpaired) electrons. The van der Waals surface area contributed by atoms with Gasteiger partial charge in [0, 0.05) is 19.7 Å². The van der Waals surface area contributed by atoms with Crippen LogP contribution in [0.15, 0.2) is 18.7 Å². The van der Waals surface area contributed by atoms with E-state index in [1.165, 1.54) is 0 Å². The van der Waals surface area contributed by atoms with Crippen LogP contribution >= 0.6 is 0 Å². The van der Waals surface area contributed by atoms with Crippen LogP contribution in [0.3, 0.4) is 0 Å². The quantitative estimate of drug-likeness (QED) is 0.699. The highest BCUT2D eigenvalue weighted by Crippen LogP contribution is 2.32. The number of morpholine rings is 1. The smallest absolute Gasteiger partial charge is 0.228 e. The Labute approximate surface area is 167 Å². The average Bonchev–Trinajstić information content (AvgIpc) is 3.47. The van der Waals surface area contributed by atoms with E-state index in [1.807, 2.05) is 6.33 Å². The summed E-state index contributed by atoms with van der Waals surface area (Å²) in [5.41, 5.74) is 8.56. The van der Waals surface area contributed by atoms with Gasteiger partial charge in [0.25, 0.3) is 0 Å². The largest absolute Gasteiger partial charge is 0.382 e. The zero-order chi connectivity index (χ0) is 19.4. The number of imidazole rings is 1. The molecular weight excluding hydrogens is 372 g/mol. The second kappa shape index (κ2) is 6.60. The predicted molar refractivity (Wildman–Crippen MR) is 105 cm³/mol. The van der Waals surface area contributed by atoms with Gasteiger partial charge in [-0.1, -0.05) is 0 Å². The molecule has 0 amide bonds. The standard InChI is InChI=1S/C19H22N8O2/c20-15-6-21-14(5-22-15)16-17-18(27(10-23-17)11-3-4-28-9-11)25-19(24-16)26-7-12-1-2-13(8-26)29-12/h5-6,10-13H,1-4,7-9H2,(H2,20,22). The van der Waals surface area contributed by atoms with Crippen LogP contribution in [0, 0.1) is 0 Å². The van der Waals surface area contributed by atoms with E-state index in [0.29, 0.717) is 29.8 Å². The maximum atomic E-state index is 5.99. The second-order valence-electron chi connectivity index (χ2n) is 7.90. The van der Waals surface area contributed by atoms with Gasteiger partial charge >= 0.3 is 0 Å². The topological polar surface area (TPSA) is 117 Å². The van der Waals surface area contributed by atoms with Gasteiger partial charge in [-0.2, -0.15) is 4.98 Å². The summed E-state index contributed by atoms with van der Waals surface area (Å²) in [5, 5.41) is 0. The van der Waals surface area contributed by atoms with Gasteiger partial charge in [0.1, 0.15) is 22.7 Å². The molecule has 3 fully saturated rings. The van der Waals surface area contributed by atoms with E-state index in [-0.39, 0.29) is 18.2 Å². The molecule has 3 aliphatic heterocycles. The summed E-state index contributed by atoms with van der Waals surface area (Å²) >= 11 is 0. The van der Waals surface area contributed by atoms with E-state index in [4.69, 9.17) is 25.2 Å². The summed E-state index contributed by atoms with van der Waals surface area (Å²) in [4.78, 5) is 25.3. The van der Waals surface area contributed by atoms with E-state index >= 15 is 0 Å². The Bertz CT molecular complexity index is 1030. The maximum Gasteiger partial charge on any atom is 0.228 e. The van der Waals surface area contributed by atoms with Crippen molar-refractivity contribution in [3.8, 4) is 11.4 Å². The minimum absolute atomic E-state index is 0.231. The van der Waals surface area contributed by atoms with Gasteiger partial charge in [0.05, 0.1) is 43.6 Å². The fourth-order valence-corrected chi connectivity index (χ4v) is 4.47. The van der Waals surface area contributed by atoms with Gasteiger partial charge in [-0.3, -0.25) is 0 Å². The molecule has 3 saturated heterocycles. The van der Waals surface area contributed by atoms with E-state index in [0.717, 1.165) is 50.1 Å². The third-order valence-corrected chi connectivity index (χ3v) is 5.95. The minimum atomic E-state index is 0.231. The van der Waals surface area contributed by atoms with E-state index in [2.05, 4.69) is 24.4 Å². The molecule has 29 heavy (non-hydrogen) atoms. The Balaban J connectivity index is 1.50. The van der Waals surface area contributed by atoms with Crippen molar-refractivity contribution in [3.63, 3.8) is 0 Å². The summed E-state index contributed by atoms with van der Waals surface area (Å²) in [5.74, 6) is 1.06. The van der Waals surface area contributed by atoms with Crippen LogP contribution in [0.5, 0.6) is 0 Å². The molecular formula is C19H22N8O2. The minimum Gasteiger partial charge on any atom is -0.382 e. The summed E-state index contributed by atoms with van der Waals surface area (Å²) in [7, 11) is 0. The van der Waals surface area contributed by atoms with Crippen LogP contribution in [-0.2, 0) is 9.47 Å². The molecule has 3 aromatic rings. The lowest BCUT2D eigenvalue weighted by atomic mass is 10.2. The van der Waals surface area contributed by atoms with Gasteiger partial charge in [-0.05, 0) is 19.3 Å². The van der Waals surface area contributed by atoms with Crippen LogP contribution in [0.1, 0.15) is 25.3 Å². The molecule has 3 aliphatic rings. The number of hydrogen-bond donors (Lipinski definition) is 1. The van der Waals surface area contributed by atoms with Crippen molar-refractivity contribution in [2.45, 2.75) is 37.5 Å². The second-order valence-corrected chi connectivity index (χ2v) is 7.90. The molecule has 3 unspecified atom stereocenters. The molecule has 0 aromatic carbocycles. The molecule has 3 atom stereocenters. The van der Waals surface area contributed by atoms with E-state index < -0.39 is 0 Å². The van der Waals surface area contributed by atoms with Crippen LogP contribution in [-0.4, -0.2) is 68.0 Å². The summed E-state index contributed by atoms with van der Waals surface area (Å²) in [6.45, 7) is 3.03. The zero-order valence-electron chi connectivity index (χ0n) is 15.9. The number of fused-ring (bicyclic) bond motifs is 3. The number of nitrogen functional groups attached to an aromatic ring is 1. The predicted octanol–water partition coefficient (Wildman–Crippen LogP) is 1.19. The monoisotopic (exact) mass is 394 g/mol. The SMILES string of the molecule is Nc1cnc(-c2nc(N3CC4CCC(C3)O4)nc3c2ncn3C2CCOC2)cn1. The molecule has 2 N–H and O–H groups in total. The van der Waals surface area contributed by atoms with Gasteiger partial charge in [-0.25, -0.2) is 19.9 Å². The molecule has 6 heterocycles. The normalized spacial score (nSPS) is 26.5. The first kappa shape index (κ1) is 17.0. The first-order valence-corrected chi connectivity index (χ1v) is 10.1. The van der Waals surface area contributed by atoms with E-state index in [9.17, 15) is 0 Å². The first-order chi connectivity index (χ1) is 14.2. The zero-order valence-corrected chi connectivity index (χ0v) is 15.9. The van der Waals surface area contributed by atoms with E-state index in [1.54, 1.807) is 12.4 Å². The van der Waals surface area contributed by atoms with Crippen molar-refractivity contribution in [2.75, 3.05) is 36.9 Å². The molecule has 3 aromatic heterocycles. The third kappa shape index (κ3) is 2.90. The lowest BCUT2D eigenvalue weighted by Gasteiger charge is -2.32. The first-order valence-electron chi connectivity index (χ1n) is 10.1. The fraction of sp³-hybridized carbons (Fsp3) is 0.526. The Morgan fingerprint density at radius 2 is 1.86 bits per heavy atom. The molecule has 0 spiro atoms. The molecule has 10 heteroatoms. The Morgan fingerprint density at radius 1 is 1.00 bits per heavy atom. The highest BCUT2D eigenvalue weighted by Gasteiger charge is 2.35. The summed E-state index contributed by atoms with van der Waals surface area (Å²) in [6.07, 6.45) is 8.65. The Morgan fingerprint density at radius 3 is 2.59 bits per heavy atom. The number of hydrogen-bond acceptors (Lipinski definition) is 9. The Kier molecular flexibility index (Phi) is 3.88. The number of ether oxygens (including phenoxy) is 2. The van der Waals surface area contributed by atoms with Crippen molar-refractivity contribution in [1.82, 2.24) is 29.5 Å². The number of anilines is 2. The van der Waals surface area contributed by atoms with Crippen LogP contribution in [0.2, 0.25) is 0 Å². The maximum absolute atomic E-state index is 5.99. The molecule has 0 saturated carbocycles. The lowest BCUT2D eigenvalue weighted by molar-refractivity contribution is 0.0299. The van der Waals surface area contributed by atoms with Crippen molar-refractivity contribution < 1.29 is 9.47 Å². The number of nitrogens with two attached hydrogens (primary N) is 1. The van der Waals surface area contributed by atoms with Crippen molar-refractivity contribution in [2.24, 2.45) is 0 Å². The molecule has 10 nitrogen and oxygen atoms in total. The van der Waals surface area contributed by atoms with Crippen LogP contribution in [0.4, 0.5) is 11.8 Å². The summed E-state index contributed by atoms with van der Waals surface area (Å²) in [6, 6.07) is 0.231. The highest BCUT2D eigenvalue weighted by molar-refractivity contribution is 5.87. The number of aromatic nitrogens is 6. The molecule has 6 rings (SSSR count). The third-order valence-electron chi connectivity index (χ3n) is 5.95. The summed E-state index contributed by atoms with van der Waals surface area (Å²) < 4.78 is 13.7. The van der Waals surface area contributed by atoms with Gasteiger partial charge in [0.2, 0.25) is 5.95 Å². The highest BCUT2D eigenvalue weighted by atomic mass is 16.5. The van der Waals surface area contributed by atoms with Gasteiger partial charge < -0.3 is 24.7 Å². The Hall–Kier alpha value is -2.85. The molecule has 2 bridgehead atoms. The van der Waals surface area contributed by atoms with Gasteiger partial charge in [-0.15, -0.1) is 0 Å². The lowest BCUT2D eigenvalue weighted by Crippen LogP contribution is -2.43. The van der Waals surface area contributed by atoms with Crippen LogP contribution < -0.4 is 10.6 Å². The van der Waals surface area contributed by atoms with Crippen molar-refractivity contribution in [1.29, 1.82) is 0 Å². The average molecular weight is 394 g/mol. The van der Waals surface area contributed by atoms with Crippen molar-refractivity contribution >= 4 is 22.9 Å². The number of rotatable bonds is 3. The van der Waals surface area contributed by atoms with Crippen LogP contribution in [0.25, 0.3) is 22.6 Å².